The van der Waals surface area contributed by atoms with E-state index in [0.29, 0.717) is 12.2 Å². The summed E-state index contributed by atoms with van der Waals surface area (Å²) >= 11 is 0. The highest BCUT2D eigenvalue weighted by Crippen LogP contribution is 2.17. The molecule has 1 amide bonds. The van der Waals surface area contributed by atoms with Crippen molar-refractivity contribution in [2.45, 2.75) is 52.2 Å². The number of nitrogens with zero attached hydrogens (tertiary/aromatic N) is 4. The van der Waals surface area contributed by atoms with E-state index in [9.17, 15) is 9.18 Å². The molecule has 2 rings (SSSR count). The standard InChI is InChI=1S/C20H28FN5O2/c1-20(2,3)28-19(27)22-12-6-5-7-13-26-15-14-25(4)18(26)24-23-17-10-8-16(21)9-11-17/h8-11,14-15H,5-7,12-13H2,1-4H3/p+1. The predicted octanol–water partition coefficient (Wildman–Crippen LogP) is 4.56. The van der Waals surface area contributed by atoms with Gasteiger partial charge in [0.1, 0.15) is 17.1 Å². The molecule has 8 heteroatoms. The van der Waals surface area contributed by atoms with Crippen LogP contribution in [0.1, 0.15) is 40.0 Å². The van der Waals surface area contributed by atoms with Crippen molar-refractivity contribution in [1.82, 2.24) is 9.88 Å². The molecule has 1 N–H and O–H groups in total. The number of alkyl carbamates (subject to hydrolysis) is 1. The monoisotopic (exact) mass is 390 g/mol. The van der Waals surface area contributed by atoms with Crippen molar-refractivity contribution in [2.24, 2.45) is 17.3 Å². The Morgan fingerprint density at radius 1 is 1.18 bits per heavy atom. The largest absolute Gasteiger partial charge is 0.444 e. The molecule has 0 aliphatic carbocycles. The van der Waals surface area contributed by atoms with Gasteiger partial charge in [-0.3, -0.25) is 0 Å². The second kappa shape index (κ2) is 9.96. The molecule has 0 saturated heterocycles. The van der Waals surface area contributed by atoms with Crippen LogP contribution in [-0.4, -0.2) is 22.8 Å². The molecule has 0 saturated carbocycles. The van der Waals surface area contributed by atoms with Crippen molar-refractivity contribution in [2.75, 3.05) is 6.54 Å². The number of carbonyl (C=O) groups is 1. The van der Waals surface area contributed by atoms with Gasteiger partial charge in [-0.2, -0.15) is 0 Å². The summed E-state index contributed by atoms with van der Waals surface area (Å²) in [5.41, 5.74) is 0.120. The molecule has 0 atom stereocenters. The average Bonchev–Trinajstić information content (AvgIpc) is 2.96. The first-order chi connectivity index (χ1) is 13.2. The van der Waals surface area contributed by atoms with E-state index in [1.54, 1.807) is 12.1 Å². The quantitative estimate of drug-likeness (QED) is 0.408. The van der Waals surface area contributed by atoms with Gasteiger partial charge in [0, 0.05) is 11.7 Å². The maximum Gasteiger partial charge on any atom is 0.421 e. The summed E-state index contributed by atoms with van der Waals surface area (Å²) in [6.45, 7) is 6.91. The summed E-state index contributed by atoms with van der Waals surface area (Å²) in [5.74, 6) is 0.422. The van der Waals surface area contributed by atoms with E-state index < -0.39 is 5.60 Å². The number of halogens is 1. The molecule has 0 fully saturated rings. The van der Waals surface area contributed by atoms with Crippen molar-refractivity contribution in [3.8, 4) is 0 Å². The number of hydrogen-bond donors (Lipinski definition) is 1. The van der Waals surface area contributed by atoms with Crippen LogP contribution in [0.15, 0.2) is 46.9 Å². The molecule has 152 valence electrons. The van der Waals surface area contributed by atoms with Crippen molar-refractivity contribution in [1.29, 1.82) is 0 Å². The molecule has 7 nitrogen and oxygen atoms in total. The Balaban J connectivity index is 1.76. The first kappa shape index (κ1) is 21.5. The van der Waals surface area contributed by atoms with Crippen LogP contribution in [0.25, 0.3) is 0 Å². The van der Waals surface area contributed by atoms with Crippen molar-refractivity contribution < 1.29 is 18.5 Å². The minimum absolute atomic E-state index is 0.297. The minimum atomic E-state index is -0.479. The Labute approximate surface area is 165 Å². The van der Waals surface area contributed by atoms with Crippen molar-refractivity contribution >= 4 is 17.7 Å². The second-order valence-electron chi connectivity index (χ2n) is 7.57. The summed E-state index contributed by atoms with van der Waals surface area (Å²) in [4.78, 5) is 11.6. The number of ether oxygens (including phenoxy) is 1. The van der Waals surface area contributed by atoms with Gasteiger partial charge < -0.3 is 10.1 Å². The molecule has 0 unspecified atom stereocenters. The molecule has 1 aromatic carbocycles. The van der Waals surface area contributed by atoms with Crippen molar-refractivity contribution in [3.63, 3.8) is 0 Å². The summed E-state index contributed by atoms with van der Waals surface area (Å²) < 4.78 is 22.1. The van der Waals surface area contributed by atoms with Crippen LogP contribution in [0, 0.1) is 5.82 Å². The number of rotatable bonds is 8. The van der Waals surface area contributed by atoms with Crippen molar-refractivity contribution in [3.05, 3.63) is 42.5 Å². The molecule has 0 bridgehead atoms. The van der Waals surface area contributed by atoms with Crippen LogP contribution in [0.4, 0.5) is 20.8 Å². The predicted molar refractivity (Wildman–Crippen MR) is 104 cm³/mol. The fourth-order valence-corrected chi connectivity index (χ4v) is 2.52. The van der Waals surface area contributed by atoms with Gasteiger partial charge in [0.15, 0.2) is 0 Å². The molecule has 0 radical (unpaired) electrons. The second-order valence-corrected chi connectivity index (χ2v) is 7.57. The topological polar surface area (TPSA) is 71.9 Å². The lowest BCUT2D eigenvalue weighted by molar-refractivity contribution is -0.657. The smallest absolute Gasteiger partial charge is 0.421 e. The molecule has 0 aliphatic rings. The van der Waals surface area contributed by atoms with Crippen LogP contribution in [0.2, 0.25) is 0 Å². The number of amides is 1. The van der Waals surface area contributed by atoms with Gasteiger partial charge in [0.05, 0.1) is 26.0 Å². The lowest BCUT2D eigenvalue weighted by atomic mass is 10.2. The molecule has 1 aromatic heterocycles. The van der Waals surface area contributed by atoms with E-state index in [1.807, 2.05) is 49.3 Å². The zero-order chi connectivity index (χ0) is 20.6. The van der Waals surface area contributed by atoms with Gasteiger partial charge in [-0.25, -0.2) is 18.3 Å². The lowest BCUT2D eigenvalue weighted by Gasteiger charge is -2.19. The Bertz CT molecular complexity index is 794. The molecule has 28 heavy (non-hydrogen) atoms. The normalized spacial score (nSPS) is 11.8. The number of imidazole rings is 1. The minimum Gasteiger partial charge on any atom is -0.444 e. The van der Waals surface area contributed by atoms with E-state index in [1.165, 1.54) is 12.1 Å². The summed E-state index contributed by atoms with van der Waals surface area (Å²) in [6.07, 6.45) is 6.28. The summed E-state index contributed by atoms with van der Waals surface area (Å²) in [6, 6.07) is 5.89. The maximum atomic E-state index is 13.0. The Hall–Kier alpha value is -2.77. The third-order valence-corrected chi connectivity index (χ3v) is 3.87. The molecule has 1 heterocycles. The highest BCUT2D eigenvalue weighted by Gasteiger charge is 2.16. The van der Waals surface area contributed by atoms with Crippen LogP contribution >= 0.6 is 0 Å². The maximum absolute atomic E-state index is 13.0. The molecule has 0 spiro atoms. The number of benzene rings is 1. The third kappa shape index (κ3) is 7.46. The Kier molecular flexibility index (Phi) is 7.66. The highest BCUT2D eigenvalue weighted by atomic mass is 19.1. The van der Waals surface area contributed by atoms with Gasteiger partial charge in [-0.15, -0.1) is 0 Å². The number of aromatic nitrogens is 2. The zero-order valence-electron chi connectivity index (χ0n) is 17.0. The molecular weight excluding hydrogens is 361 g/mol. The highest BCUT2D eigenvalue weighted by molar-refractivity contribution is 5.67. The third-order valence-electron chi connectivity index (χ3n) is 3.87. The van der Waals surface area contributed by atoms with Crippen LogP contribution in [0.3, 0.4) is 0 Å². The Morgan fingerprint density at radius 3 is 2.57 bits per heavy atom. The lowest BCUT2D eigenvalue weighted by Crippen LogP contribution is -2.33. The van der Waals surface area contributed by atoms with Crippen LogP contribution < -0.4 is 9.88 Å². The van der Waals surface area contributed by atoms with E-state index in [0.717, 1.165) is 31.8 Å². The Morgan fingerprint density at radius 2 is 1.89 bits per heavy atom. The van der Waals surface area contributed by atoms with Crippen LogP contribution in [0.5, 0.6) is 0 Å². The van der Waals surface area contributed by atoms with Gasteiger partial charge in [-0.1, -0.05) is 5.11 Å². The SMILES string of the molecule is C[n+]1ccn(CCCCCNC(=O)OC(C)(C)C)c1N=Nc1ccc(F)cc1. The van der Waals surface area contributed by atoms with E-state index in [4.69, 9.17) is 4.74 Å². The molecular formula is C20H29FN5O2+. The van der Waals surface area contributed by atoms with Gasteiger partial charge >= 0.3 is 12.0 Å². The first-order valence-electron chi connectivity index (χ1n) is 9.43. The fraction of sp³-hybridized carbons (Fsp3) is 0.500. The summed E-state index contributed by atoms with van der Waals surface area (Å²) in [5, 5.41) is 11.2. The number of azo groups is 1. The first-order valence-corrected chi connectivity index (χ1v) is 9.43. The van der Waals surface area contributed by atoms with Gasteiger partial charge in [0.25, 0.3) is 0 Å². The number of nitrogens with one attached hydrogen (secondary N) is 1. The molecule has 0 aliphatic heterocycles. The molecule has 2 aromatic rings. The van der Waals surface area contributed by atoms with E-state index in [-0.39, 0.29) is 11.9 Å². The number of hydrogen-bond acceptors (Lipinski definition) is 4. The number of carbonyl (C=O) groups excluding carboxylic acids is 1. The van der Waals surface area contributed by atoms with E-state index in [2.05, 4.69) is 15.5 Å². The number of aryl methyl sites for hydroxylation is 2. The zero-order valence-corrected chi connectivity index (χ0v) is 17.0. The van der Waals surface area contributed by atoms with Gasteiger partial charge in [-0.05, 0) is 64.3 Å². The van der Waals surface area contributed by atoms with E-state index >= 15 is 0 Å². The van der Waals surface area contributed by atoms with Gasteiger partial charge in [0.2, 0.25) is 0 Å². The van der Waals surface area contributed by atoms with Crippen LogP contribution in [-0.2, 0) is 18.3 Å². The average molecular weight is 390 g/mol. The number of unbranched alkanes of at least 4 members (excludes halogenated alkanes) is 2. The fourth-order valence-electron chi connectivity index (χ4n) is 2.52. The summed E-state index contributed by atoms with van der Waals surface area (Å²) in [7, 11) is 1.90.